The molecule has 8 nitrogen and oxygen atoms in total. The highest BCUT2D eigenvalue weighted by molar-refractivity contribution is 5.97. The van der Waals surface area contributed by atoms with E-state index in [0.717, 1.165) is 0 Å². The lowest BCUT2D eigenvalue weighted by Gasteiger charge is -2.41. The summed E-state index contributed by atoms with van der Waals surface area (Å²) in [6, 6.07) is 49.5. The summed E-state index contributed by atoms with van der Waals surface area (Å²) in [5.41, 5.74) is 5.74. The van der Waals surface area contributed by atoms with Gasteiger partial charge in [-0.25, -0.2) is 9.59 Å². The van der Waals surface area contributed by atoms with E-state index in [1.165, 1.54) is 6.07 Å². The fourth-order valence-electron chi connectivity index (χ4n) is 7.06. The molecular weight excluding hydrogens is 701 g/mol. The number of ether oxygens (including phenoxy) is 2. The number of benzene rings is 7. The summed E-state index contributed by atoms with van der Waals surface area (Å²) in [5, 5.41) is 29.6. The fourth-order valence-corrected chi connectivity index (χ4v) is 7.06. The Hall–Kier alpha value is -6.68. The van der Waals surface area contributed by atoms with Crippen LogP contribution in [0.4, 0.5) is 34.1 Å². The van der Waals surface area contributed by atoms with Gasteiger partial charge in [0.2, 0.25) is 0 Å². The maximum Gasteiger partial charge on any atom is 0.343 e. The third-order valence-electron chi connectivity index (χ3n) is 9.82. The maximum atomic E-state index is 14.8. The molecule has 0 heterocycles. The van der Waals surface area contributed by atoms with Crippen LogP contribution in [0.1, 0.15) is 43.0 Å². The first-order chi connectivity index (χ1) is 27.0. The Kier molecular flexibility index (Phi) is 10.5. The lowest BCUT2D eigenvalue weighted by atomic mass is 10.1. The van der Waals surface area contributed by atoms with Crippen LogP contribution in [-0.2, 0) is 0 Å². The summed E-state index contributed by atoms with van der Waals surface area (Å²) in [4.78, 5) is 27.2. The number of rotatable bonds is 10. The number of aryl methyl sites for hydroxylation is 4. The van der Waals surface area contributed by atoms with Crippen molar-refractivity contribution in [3.8, 4) is 11.5 Å². The number of hydrogen-bond donors (Lipinski definition) is 0. The van der Waals surface area contributed by atoms with Gasteiger partial charge in [-0.05, 0) is 68.1 Å². The summed E-state index contributed by atoms with van der Waals surface area (Å²) >= 11 is 0. The van der Waals surface area contributed by atoms with Crippen molar-refractivity contribution in [3.63, 3.8) is 0 Å². The monoisotopic (exact) mass is 740 g/mol. The van der Waals surface area contributed by atoms with Crippen molar-refractivity contribution < 1.29 is 19.1 Å². The molecule has 0 saturated heterocycles. The van der Waals surface area contributed by atoms with Gasteiger partial charge in [0.1, 0.15) is 45.6 Å². The van der Waals surface area contributed by atoms with Crippen molar-refractivity contribution in [2.75, 3.05) is 0 Å². The average Bonchev–Trinajstić information content (AvgIpc) is 3.23. The molecule has 0 bridgehead atoms. The highest BCUT2D eigenvalue weighted by atomic mass is 16.6. The summed E-state index contributed by atoms with van der Waals surface area (Å²) in [7, 11) is 0. The topological polar surface area (TPSA) is 98.7 Å². The second-order valence-electron chi connectivity index (χ2n) is 13.7. The van der Waals surface area contributed by atoms with Gasteiger partial charge in [-0.1, -0.05) is 78.9 Å². The summed E-state index contributed by atoms with van der Waals surface area (Å²) in [6.45, 7) is 7.16. The van der Waals surface area contributed by atoms with Crippen LogP contribution < -0.4 is 18.8 Å². The molecule has 0 amide bonds. The molecule has 278 valence electrons. The summed E-state index contributed by atoms with van der Waals surface area (Å²) < 4.78 is 10.2. The molecule has 0 spiro atoms. The van der Waals surface area contributed by atoms with E-state index >= 15 is 0 Å². The quantitative estimate of drug-likeness (QED) is 0.0599. The van der Waals surface area contributed by atoms with Crippen molar-refractivity contribution in [1.82, 2.24) is 9.29 Å². The van der Waals surface area contributed by atoms with E-state index in [1.54, 1.807) is 119 Å². The van der Waals surface area contributed by atoms with E-state index in [2.05, 4.69) is 0 Å². The van der Waals surface area contributed by atoms with Crippen LogP contribution in [0.2, 0.25) is 0 Å². The van der Waals surface area contributed by atoms with Gasteiger partial charge in [-0.2, -0.15) is 0 Å². The van der Waals surface area contributed by atoms with E-state index in [1.807, 2.05) is 72.8 Å². The Balaban J connectivity index is 1.13. The SMILES string of the molecule is Cc1cc([N+]([O-])(c2ccccc2)c2ccccc2)cc(C)c1OC(=O)c1cccc(C(=O)Oc2c(C)cc([N+]([O-])(c3ccccc3)c3ccccc3)cc2C)c1. The number of carbonyl (C=O) groups is 2. The molecular formula is C48H40N2O6. The smallest absolute Gasteiger partial charge is 0.343 e. The van der Waals surface area contributed by atoms with Gasteiger partial charge >= 0.3 is 11.9 Å². The highest BCUT2D eigenvalue weighted by Gasteiger charge is 2.31. The minimum absolute atomic E-state index is 0.146. The first kappa shape index (κ1) is 37.6. The van der Waals surface area contributed by atoms with Gasteiger partial charge in [0, 0.05) is 72.8 Å². The molecule has 0 fully saturated rings. The van der Waals surface area contributed by atoms with E-state index in [-0.39, 0.29) is 11.1 Å². The Morgan fingerprint density at radius 3 is 0.911 bits per heavy atom. The molecule has 0 aliphatic rings. The van der Waals surface area contributed by atoms with Crippen molar-refractivity contribution in [3.05, 3.63) is 214 Å². The van der Waals surface area contributed by atoms with Crippen molar-refractivity contribution in [1.29, 1.82) is 0 Å². The number of nitrogens with zero attached hydrogens (tertiary/aromatic N) is 2. The molecule has 0 aliphatic heterocycles. The second-order valence-corrected chi connectivity index (χ2v) is 13.7. The van der Waals surface area contributed by atoms with Gasteiger partial charge in [0.25, 0.3) is 0 Å². The zero-order valence-electron chi connectivity index (χ0n) is 31.5. The Labute approximate surface area is 326 Å². The van der Waals surface area contributed by atoms with Crippen LogP contribution >= 0.6 is 0 Å². The predicted molar refractivity (Wildman–Crippen MR) is 223 cm³/mol. The van der Waals surface area contributed by atoms with E-state index in [4.69, 9.17) is 9.47 Å². The van der Waals surface area contributed by atoms with Crippen LogP contribution in [0.5, 0.6) is 11.5 Å². The molecule has 0 aromatic heterocycles. The third kappa shape index (κ3) is 7.13. The summed E-state index contributed by atoms with van der Waals surface area (Å²) in [6.07, 6.45) is 0. The van der Waals surface area contributed by atoms with Crippen molar-refractivity contribution in [2.24, 2.45) is 0 Å². The average molecular weight is 741 g/mol. The maximum absolute atomic E-state index is 14.8. The number of esters is 2. The lowest BCUT2D eigenvalue weighted by molar-refractivity contribution is 0.0732. The summed E-state index contributed by atoms with van der Waals surface area (Å²) in [5.74, 6) is -0.694. The number of carbonyl (C=O) groups excluding carboxylic acids is 2. The van der Waals surface area contributed by atoms with Gasteiger partial charge in [-0.3, -0.25) is 9.29 Å². The fraction of sp³-hybridized carbons (Fsp3) is 0.0833. The second kappa shape index (κ2) is 15.6. The van der Waals surface area contributed by atoms with Crippen LogP contribution in [-0.4, -0.2) is 11.9 Å². The van der Waals surface area contributed by atoms with Crippen molar-refractivity contribution in [2.45, 2.75) is 27.7 Å². The van der Waals surface area contributed by atoms with Crippen LogP contribution in [0.15, 0.2) is 170 Å². The number of para-hydroxylation sites is 4. The standard InChI is InChI=1S/C48H40N2O6/c1-33-28-43(49(53,39-20-9-5-10-21-39)40-22-11-6-12-23-40)29-34(2)45(33)55-47(51)37-18-17-19-38(32-37)48(52)56-46-35(3)30-44(31-36(46)4)50(54,41-24-13-7-14-25-41)42-26-15-8-16-27-42/h5-32H,1-4H3. The molecule has 0 saturated carbocycles. The van der Waals surface area contributed by atoms with E-state index in [9.17, 15) is 20.0 Å². The molecule has 0 atom stereocenters. The largest absolute Gasteiger partial charge is 0.616 e. The molecule has 8 heteroatoms. The number of quaternary nitrogens is 2. The Morgan fingerprint density at radius 1 is 0.375 bits per heavy atom. The highest BCUT2D eigenvalue weighted by Crippen LogP contribution is 2.46. The molecule has 0 N–H and O–H groups in total. The molecule has 7 rings (SSSR count). The lowest BCUT2D eigenvalue weighted by Crippen LogP contribution is -2.31. The molecule has 7 aromatic carbocycles. The molecule has 0 aliphatic carbocycles. The van der Waals surface area contributed by atoms with Gasteiger partial charge in [0.05, 0.1) is 11.1 Å². The molecule has 56 heavy (non-hydrogen) atoms. The van der Waals surface area contributed by atoms with Crippen LogP contribution in [0.25, 0.3) is 0 Å². The van der Waals surface area contributed by atoms with Gasteiger partial charge < -0.3 is 19.9 Å². The molecule has 0 radical (unpaired) electrons. The Morgan fingerprint density at radius 2 is 0.643 bits per heavy atom. The molecule has 0 unspecified atom stereocenters. The van der Waals surface area contributed by atoms with E-state index in [0.29, 0.717) is 67.9 Å². The number of hydrogen-bond acceptors (Lipinski definition) is 6. The van der Waals surface area contributed by atoms with E-state index < -0.39 is 21.2 Å². The van der Waals surface area contributed by atoms with Crippen molar-refractivity contribution >= 4 is 46.1 Å². The van der Waals surface area contributed by atoms with Gasteiger partial charge in [0.15, 0.2) is 0 Å². The predicted octanol–water partition coefficient (Wildman–Crippen LogP) is 12.3. The zero-order valence-corrected chi connectivity index (χ0v) is 31.5. The normalized spacial score (nSPS) is 11.5. The first-order valence-corrected chi connectivity index (χ1v) is 18.2. The van der Waals surface area contributed by atoms with Crippen LogP contribution in [0, 0.1) is 38.1 Å². The molecule has 7 aromatic rings. The van der Waals surface area contributed by atoms with Gasteiger partial charge in [-0.15, -0.1) is 0 Å². The minimum Gasteiger partial charge on any atom is -0.616 e. The van der Waals surface area contributed by atoms with Crippen LogP contribution in [0.3, 0.4) is 0 Å². The first-order valence-electron chi connectivity index (χ1n) is 18.2. The Bertz CT molecular complexity index is 2220. The third-order valence-corrected chi connectivity index (χ3v) is 9.82. The minimum atomic E-state index is -0.833. The zero-order chi connectivity index (χ0) is 39.5.